The van der Waals surface area contributed by atoms with Crippen molar-refractivity contribution in [1.29, 1.82) is 0 Å². The lowest BCUT2D eigenvalue weighted by Crippen LogP contribution is -2.28. The summed E-state index contributed by atoms with van der Waals surface area (Å²) in [5.74, 6) is -0.278. The normalized spacial score (nSPS) is 11.0. The lowest BCUT2D eigenvalue weighted by Gasteiger charge is -2.19. The number of carbonyl (C=O) groups excluding carboxylic acids is 1. The van der Waals surface area contributed by atoms with Crippen molar-refractivity contribution in [3.63, 3.8) is 0 Å². The molecule has 0 fully saturated rings. The van der Waals surface area contributed by atoms with Crippen LogP contribution in [0.1, 0.15) is 30.5 Å². The van der Waals surface area contributed by atoms with Crippen molar-refractivity contribution < 1.29 is 19.4 Å². The molecule has 0 aliphatic heterocycles. The summed E-state index contributed by atoms with van der Waals surface area (Å²) in [4.78, 5) is 23.5. The van der Waals surface area contributed by atoms with Gasteiger partial charge in [-0.3, -0.25) is 9.59 Å². The van der Waals surface area contributed by atoms with E-state index in [-0.39, 0.29) is 12.3 Å². The first-order valence-corrected chi connectivity index (χ1v) is 8.01. The van der Waals surface area contributed by atoms with E-state index in [1.165, 1.54) is 0 Å². The molecule has 0 aliphatic carbocycles. The van der Waals surface area contributed by atoms with E-state index in [1.807, 2.05) is 25.1 Å². The van der Waals surface area contributed by atoms with Crippen LogP contribution < -0.4 is 10.1 Å². The van der Waals surface area contributed by atoms with Crippen molar-refractivity contribution in [1.82, 2.24) is 0 Å². The molecule has 2 rings (SSSR count). The Bertz CT molecular complexity index is 779. The number of hydrogen-bond donors (Lipinski definition) is 2. The average Bonchev–Trinajstić information content (AvgIpc) is 2.56. The Hall–Kier alpha value is -2.82. The van der Waals surface area contributed by atoms with Crippen LogP contribution in [0.15, 0.2) is 42.5 Å². The highest BCUT2D eigenvalue weighted by molar-refractivity contribution is 5.92. The molecule has 1 amide bonds. The van der Waals surface area contributed by atoms with Gasteiger partial charge in [-0.1, -0.05) is 24.3 Å². The molecule has 0 saturated carbocycles. The zero-order valence-corrected chi connectivity index (χ0v) is 14.9. The van der Waals surface area contributed by atoms with Crippen LogP contribution in [0.2, 0.25) is 0 Å². The number of benzene rings is 2. The first-order valence-electron chi connectivity index (χ1n) is 8.01. The van der Waals surface area contributed by atoms with Gasteiger partial charge in [0, 0.05) is 5.69 Å². The number of carbonyl (C=O) groups is 2. The van der Waals surface area contributed by atoms with E-state index in [0.29, 0.717) is 11.3 Å². The summed E-state index contributed by atoms with van der Waals surface area (Å²) in [5, 5.41) is 12.1. The Morgan fingerprint density at radius 2 is 1.76 bits per heavy atom. The lowest BCUT2D eigenvalue weighted by molar-refractivity contribution is -0.142. The van der Waals surface area contributed by atoms with Gasteiger partial charge < -0.3 is 15.2 Å². The molecule has 2 aromatic rings. The Kier molecular flexibility index (Phi) is 5.47. The van der Waals surface area contributed by atoms with Crippen molar-refractivity contribution in [2.45, 2.75) is 32.6 Å². The van der Waals surface area contributed by atoms with Crippen LogP contribution in [0, 0.1) is 6.92 Å². The molecule has 0 aliphatic rings. The molecule has 2 aromatic carbocycles. The van der Waals surface area contributed by atoms with Crippen molar-refractivity contribution >= 4 is 17.6 Å². The third kappa shape index (κ3) is 4.38. The summed E-state index contributed by atoms with van der Waals surface area (Å²) in [6.45, 7) is 5.24. The van der Waals surface area contributed by atoms with E-state index in [1.54, 1.807) is 45.2 Å². The highest BCUT2D eigenvalue weighted by atomic mass is 16.5. The van der Waals surface area contributed by atoms with E-state index >= 15 is 0 Å². The number of carboxylic acids is 1. The first-order chi connectivity index (χ1) is 11.7. The molecule has 0 saturated heterocycles. The number of aryl methyl sites for hydroxylation is 1. The van der Waals surface area contributed by atoms with E-state index in [9.17, 15) is 14.7 Å². The lowest BCUT2D eigenvalue weighted by atomic mass is 9.85. The van der Waals surface area contributed by atoms with Crippen molar-refractivity contribution in [2.24, 2.45) is 0 Å². The molecular weight excluding hydrogens is 318 g/mol. The second-order valence-electron chi connectivity index (χ2n) is 6.54. The van der Waals surface area contributed by atoms with Gasteiger partial charge >= 0.3 is 5.97 Å². The Morgan fingerprint density at radius 3 is 2.32 bits per heavy atom. The van der Waals surface area contributed by atoms with Gasteiger partial charge in [0.2, 0.25) is 5.91 Å². The molecule has 132 valence electrons. The van der Waals surface area contributed by atoms with Crippen LogP contribution in [0.25, 0.3) is 0 Å². The standard InChI is InChI=1S/C20H23NO4/c1-13-5-6-14(11-17(13)25-4)12-18(22)21-16-9-7-15(8-10-16)20(2,3)19(23)24/h5-11H,12H2,1-4H3,(H,21,22)(H,23,24). The summed E-state index contributed by atoms with van der Waals surface area (Å²) in [6, 6.07) is 12.5. The highest BCUT2D eigenvalue weighted by Gasteiger charge is 2.29. The van der Waals surface area contributed by atoms with Gasteiger partial charge in [-0.15, -0.1) is 0 Å². The quantitative estimate of drug-likeness (QED) is 0.842. The number of nitrogens with one attached hydrogen (secondary N) is 1. The zero-order valence-electron chi connectivity index (χ0n) is 14.9. The van der Waals surface area contributed by atoms with Gasteiger partial charge in [0.25, 0.3) is 0 Å². The molecule has 0 unspecified atom stereocenters. The van der Waals surface area contributed by atoms with Gasteiger partial charge in [0.15, 0.2) is 0 Å². The number of ether oxygens (including phenoxy) is 1. The SMILES string of the molecule is COc1cc(CC(=O)Nc2ccc(C(C)(C)C(=O)O)cc2)ccc1C. The molecule has 5 heteroatoms. The van der Waals surface area contributed by atoms with Gasteiger partial charge in [0.1, 0.15) is 5.75 Å². The maximum Gasteiger partial charge on any atom is 0.313 e. The number of amides is 1. The summed E-state index contributed by atoms with van der Waals surface area (Å²) < 4.78 is 5.27. The minimum absolute atomic E-state index is 0.142. The van der Waals surface area contributed by atoms with Crippen LogP contribution in [-0.2, 0) is 21.4 Å². The predicted octanol–water partition coefficient (Wildman–Crippen LogP) is 3.55. The Morgan fingerprint density at radius 1 is 1.12 bits per heavy atom. The topological polar surface area (TPSA) is 75.6 Å². The first kappa shape index (κ1) is 18.5. The largest absolute Gasteiger partial charge is 0.496 e. The average molecular weight is 341 g/mol. The van der Waals surface area contributed by atoms with Crippen molar-refractivity contribution in [2.75, 3.05) is 12.4 Å². The minimum Gasteiger partial charge on any atom is -0.496 e. The molecule has 25 heavy (non-hydrogen) atoms. The summed E-state index contributed by atoms with van der Waals surface area (Å²) in [5.41, 5.74) is 2.23. The molecule has 0 heterocycles. The Labute approximate surface area is 147 Å². The van der Waals surface area contributed by atoms with Crippen molar-refractivity contribution in [3.05, 3.63) is 59.2 Å². The second-order valence-corrected chi connectivity index (χ2v) is 6.54. The fourth-order valence-electron chi connectivity index (χ4n) is 2.46. The maximum absolute atomic E-state index is 12.2. The third-order valence-electron chi connectivity index (χ3n) is 4.26. The molecular formula is C20H23NO4. The molecule has 0 radical (unpaired) electrons. The van der Waals surface area contributed by atoms with Crippen molar-refractivity contribution in [3.8, 4) is 5.75 Å². The summed E-state index contributed by atoms with van der Waals surface area (Å²) >= 11 is 0. The van der Waals surface area contributed by atoms with Gasteiger partial charge in [-0.25, -0.2) is 0 Å². The smallest absolute Gasteiger partial charge is 0.313 e. The molecule has 0 spiro atoms. The number of hydrogen-bond acceptors (Lipinski definition) is 3. The number of carboxylic acid groups (broad SMARTS) is 1. The monoisotopic (exact) mass is 341 g/mol. The molecule has 0 aromatic heterocycles. The van der Waals surface area contributed by atoms with Gasteiger partial charge in [-0.05, 0) is 55.7 Å². The van der Waals surface area contributed by atoms with Gasteiger partial charge in [-0.2, -0.15) is 0 Å². The number of rotatable bonds is 6. The van der Waals surface area contributed by atoms with E-state index in [4.69, 9.17) is 4.74 Å². The Balaban J connectivity index is 2.05. The number of methoxy groups -OCH3 is 1. The van der Waals surface area contributed by atoms with Crippen LogP contribution >= 0.6 is 0 Å². The van der Waals surface area contributed by atoms with Crippen LogP contribution in [0.5, 0.6) is 5.75 Å². The van der Waals surface area contributed by atoms with Crippen LogP contribution in [0.4, 0.5) is 5.69 Å². The van der Waals surface area contributed by atoms with E-state index < -0.39 is 11.4 Å². The molecule has 2 N–H and O–H groups in total. The zero-order chi connectivity index (χ0) is 18.6. The fourth-order valence-corrected chi connectivity index (χ4v) is 2.46. The highest BCUT2D eigenvalue weighted by Crippen LogP contribution is 2.25. The minimum atomic E-state index is -0.971. The summed E-state index contributed by atoms with van der Waals surface area (Å²) in [7, 11) is 1.60. The molecule has 0 bridgehead atoms. The van der Waals surface area contributed by atoms with E-state index in [0.717, 1.165) is 16.9 Å². The maximum atomic E-state index is 12.2. The summed E-state index contributed by atoms with van der Waals surface area (Å²) in [6.07, 6.45) is 0.235. The number of aliphatic carboxylic acids is 1. The molecule has 0 atom stereocenters. The number of anilines is 1. The van der Waals surface area contributed by atoms with Crippen LogP contribution in [-0.4, -0.2) is 24.1 Å². The van der Waals surface area contributed by atoms with Crippen LogP contribution in [0.3, 0.4) is 0 Å². The predicted molar refractivity (Wildman–Crippen MR) is 97.2 cm³/mol. The fraction of sp³-hybridized carbons (Fsp3) is 0.300. The molecule has 5 nitrogen and oxygen atoms in total. The second kappa shape index (κ2) is 7.38. The third-order valence-corrected chi connectivity index (χ3v) is 4.26. The van der Waals surface area contributed by atoms with E-state index in [2.05, 4.69) is 5.32 Å². The van der Waals surface area contributed by atoms with Gasteiger partial charge in [0.05, 0.1) is 18.9 Å².